The highest BCUT2D eigenvalue weighted by Crippen LogP contribution is 2.39. The number of likely N-dealkylation sites (tertiary alicyclic amines) is 1. The molecule has 1 spiro atoms. The Hall–Kier alpha value is -0.940. The Kier molecular flexibility index (Phi) is 4.89. The molecule has 0 bridgehead atoms. The van der Waals surface area contributed by atoms with Crippen molar-refractivity contribution in [3.8, 4) is 0 Å². The van der Waals surface area contributed by atoms with Crippen molar-refractivity contribution in [3.05, 3.63) is 35.9 Å². The fraction of sp³-hybridized carbons (Fsp3) is 0.714. The van der Waals surface area contributed by atoms with Crippen molar-refractivity contribution in [3.63, 3.8) is 0 Å². The number of hydrogen-bond acceptors (Lipinski definition) is 4. The molecule has 1 aromatic rings. The van der Waals surface area contributed by atoms with E-state index in [1.165, 1.54) is 18.7 Å². The van der Waals surface area contributed by atoms with E-state index >= 15 is 0 Å². The lowest BCUT2D eigenvalue weighted by Gasteiger charge is -2.61. The number of rotatable bonds is 5. The molecule has 0 saturated carbocycles. The molecule has 4 nitrogen and oxygen atoms in total. The number of hydrogen-bond donors (Lipinski definition) is 1. The molecule has 1 aromatic carbocycles. The van der Waals surface area contributed by atoms with Gasteiger partial charge in [0.2, 0.25) is 0 Å². The van der Waals surface area contributed by atoms with E-state index in [1.807, 2.05) is 0 Å². The molecule has 0 aromatic heterocycles. The first kappa shape index (κ1) is 17.5. The molecule has 3 aliphatic heterocycles. The number of aliphatic hydroxyl groups is 1. The van der Waals surface area contributed by atoms with Gasteiger partial charge >= 0.3 is 0 Å². The summed E-state index contributed by atoms with van der Waals surface area (Å²) in [6.45, 7) is 12.5. The highest BCUT2D eigenvalue weighted by atomic mass is 16.3. The monoisotopic (exact) mass is 343 g/mol. The van der Waals surface area contributed by atoms with E-state index in [2.05, 4.69) is 58.9 Å². The van der Waals surface area contributed by atoms with Crippen molar-refractivity contribution in [2.45, 2.75) is 44.4 Å². The lowest BCUT2D eigenvalue weighted by Crippen LogP contribution is -2.78. The van der Waals surface area contributed by atoms with Crippen LogP contribution in [-0.4, -0.2) is 83.3 Å². The fourth-order valence-corrected chi connectivity index (χ4v) is 5.33. The molecule has 2 unspecified atom stereocenters. The van der Waals surface area contributed by atoms with E-state index in [0.29, 0.717) is 12.0 Å². The van der Waals surface area contributed by atoms with Crippen LogP contribution in [0.3, 0.4) is 0 Å². The first-order chi connectivity index (χ1) is 12.0. The van der Waals surface area contributed by atoms with Gasteiger partial charge < -0.3 is 5.11 Å². The van der Waals surface area contributed by atoms with Crippen LogP contribution in [0, 0.1) is 5.92 Å². The number of benzene rings is 1. The average molecular weight is 344 g/mol. The first-order valence-electron chi connectivity index (χ1n) is 9.97. The number of piperazine rings is 1. The molecular formula is C21H33N3O. The summed E-state index contributed by atoms with van der Waals surface area (Å²) >= 11 is 0. The smallest absolute Gasteiger partial charge is 0.0682 e. The van der Waals surface area contributed by atoms with E-state index in [9.17, 15) is 5.11 Å². The molecule has 3 heterocycles. The topological polar surface area (TPSA) is 30.0 Å². The molecule has 4 rings (SSSR count). The molecule has 0 amide bonds. The van der Waals surface area contributed by atoms with E-state index in [4.69, 9.17) is 0 Å². The highest BCUT2D eigenvalue weighted by molar-refractivity contribution is 5.17. The summed E-state index contributed by atoms with van der Waals surface area (Å²) < 4.78 is 0. The van der Waals surface area contributed by atoms with Gasteiger partial charge in [0.1, 0.15) is 0 Å². The van der Waals surface area contributed by atoms with Gasteiger partial charge in [0, 0.05) is 51.9 Å². The zero-order chi connectivity index (χ0) is 17.4. The van der Waals surface area contributed by atoms with E-state index in [0.717, 1.165) is 45.6 Å². The van der Waals surface area contributed by atoms with Crippen molar-refractivity contribution in [1.82, 2.24) is 14.7 Å². The molecule has 1 N–H and O–H groups in total. The van der Waals surface area contributed by atoms with Gasteiger partial charge in [0.05, 0.1) is 11.6 Å². The average Bonchev–Trinajstić information content (AvgIpc) is 2.91. The van der Waals surface area contributed by atoms with E-state index in [1.54, 1.807) is 0 Å². The molecule has 4 heteroatoms. The van der Waals surface area contributed by atoms with Crippen molar-refractivity contribution in [1.29, 1.82) is 0 Å². The van der Waals surface area contributed by atoms with Crippen LogP contribution < -0.4 is 0 Å². The Balaban J connectivity index is 1.38. The molecule has 3 aliphatic rings. The van der Waals surface area contributed by atoms with Crippen LogP contribution in [0.4, 0.5) is 0 Å². The van der Waals surface area contributed by atoms with Gasteiger partial charge in [-0.05, 0) is 24.3 Å². The Morgan fingerprint density at radius 2 is 1.80 bits per heavy atom. The van der Waals surface area contributed by atoms with E-state index < -0.39 is 0 Å². The third kappa shape index (κ3) is 3.63. The van der Waals surface area contributed by atoms with Crippen LogP contribution in [-0.2, 0) is 6.42 Å². The number of aliphatic hydroxyl groups excluding tert-OH is 1. The maximum absolute atomic E-state index is 10.2. The number of fused-ring (bicyclic) bond motifs is 2. The molecule has 25 heavy (non-hydrogen) atoms. The maximum atomic E-state index is 10.2. The van der Waals surface area contributed by atoms with E-state index in [-0.39, 0.29) is 11.6 Å². The summed E-state index contributed by atoms with van der Waals surface area (Å²) in [6.07, 6.45) is 1.97. The standard InChI is InChI=1S/C21H33N3O/c1-17(2)11-23-12-19-10-20(25)13-24(19)21(16-23)14-22(15-21)9-8-18-6-4-3-5-7-18/h3-7,17,19-20,25H,8-16H2,1-2H3. The van der Waals surface area contributed by atoms with Gasteiger partial charge in [-0.25, -0.2) is 0 Å². The van der Waals surface area contributed by atoms with Crippen molar-refractivity contribution in [2.24, 2.45) is 5.92 Å². The normalized spacial score (nSPS) is 29.9. The SMILES string of the molecule is CC(C)CN1CC2CC(O)CN2C2(C1)CN(CCc1ccccc1)C2. The molecule has 0 radical (unpaired) electrons. The number of β-amino-alcohol motifs (C(OH)–C–C–N with tert-alkyl or cyclic N) is 1. The lowest BCUT2D eigenvalue weighted by atomic mass is 9.83. The van der Waals surface area contributed by atoms with Gasteiger partial charge in [-0.2, -0.15) is 0 Å². The summed E-state index contributed by atoms with van der Waals surface area (Å²) in [4.78, 5) is 7.93. The Bertz CT molecular complexity index is 570. The van der Waals surface area contributed by atoms with Crippen LogP contribution in [0.2, 0.25) is 0 Å². The van der Waals surface area contributed by atoms with Crippen LogP contribution in [0.25, 0.3) is 0 Å². The van der Waals surface area contributed by atoms with Crippen LogP contribution in [0.1, 0.15) is 25.8 Å². The molecule has 3 saturated heterocycles. The quantitative estimate of drug-likeness (QED) is 0.881. The third-order valence-electron chi connectivity index (χ3n) is 6.21. The predicted octanol–water partition coefficient (Wildman–Crippen LogP) is 1.69. The van der Waals surface area contributed by atoms with Gasteiger partial charge in [0.25, 0.3) is 0 Å². The summed E-state index contributed by atoms with van der Waals surface area (Å²) in [5.41, 5.74) is 1.72. The van der Waals surface area contributed by atoms with Gasteiger partial charge in [-0.15, -0.1) is 0 Å². The second-order valence-electron chi connectivity index (χ2n) is 8.95. The fourth-order valence-electron chi connectivity index (χ4n) is 5.33. The first-order valence-corrected chi connectivity index (χ1v) is 9.97. The van der Waals surface area contributed by atoms with Crippen LogP contribution >= 0.6 is 0 Å². The molecule has 2 atom stereocenters. The minimum absolute atomic E-state index is 0.126. The maximum Gasteiger partial charge on any atom is 0.0682 e. The lowest BCUT2D eigenvalue weighted by molar-refractivity contribution is -0.114. The predicted molar refractivity (Wildman–Crippen MR) is 102 cm³/mol. The third-order valence-corrected chi connectivity index (χ3v) is 6.21. The van der Waals surface area contributed by atoms with Crippen molar-refractivity contribution >= 4 is 0 Å². The van der Waals surface area contributed by atoms with Crippen LogP contribution in [0.5, 0.6) is 0 Å². The number of nitrogens with zero attached hydrogens (tertiary/aromatic N) is 3. The largest absolute Gasteiger partial charge is 0.392 e. The zero-order valence-electron chi connectivity index (χ0n) is 15.8. The summed E-state index contributed by atoms with van der Waals surface area (Å²) in [6, 6.07) is 11.4. The highest BCUT2D eigenvalue weighted by Gasteiger charge is 2.55. The molecular weight excluding hydrogens is 310 g/mol. The Morgan fingerprint density at radius 1 is 1.08 bits per heavy atom. The molecule has 138 valence electrons. The van der Waals surface area contributed by atoms with Gasteiger partial charge in [-0.3, -0.25) is 14.7 Å². The summed E-state index contributed by atoms with van der Waals surface area (Å²) in [5, 5.41) is 10.2. The summed E-state index contributed by atoms with van der Waals surface area (Å²) in [5.74, 6) is 0.712. The van der Waals surface area contributed by atoms with Crippen molar-refractivity contribution in [2.75, 3.05) is 45.8 Å². The summed E-state index contributed by atoms with van der Waals surface area (Å²) in [7, 11) is 0. The second-order valence-corrected chi connectivity index (χ2v) is 8.95. The minimum atomic E-state index is -0.126. The Labute approximate surface area is 152 Å². The Morgan fingerprint density at radius 3 is 2.52 bits per heavy atom. The second kappa shape index (κ2) is 6.99. The van der Waals surface area contributed by atoms with Crippen molar-refractivity contribution < 1.29 is 5.11 Å². The zero-order valence-corrected chi connectivity index (χ0v) is 15.8. The molecule has 3 fully saturated rings. The van der Waals surface area contributed by atoms with Gasteiger partial charge in [0.15, 0.2) is 0 Å². The minimum Gasteiger partial charge on any atom is -0.392 e. The molecule has 0 aliphatic carbocycles. The van der Waals surface area contributed by atoms with Gasteiger partial charge in [-0.1, -0.05) is 44.2 Å². The van der Waals surface area contributed by atoms with Crippen LogP contribution in [0.15, 0.2) is 30.3 Å².